The van der Waals surface area contributed by atoms with Crippen LogP contribution in [0.1, 0.15) is 62.6 Å². The third-order valence-electron chi connectivity index (χ3n) is 8.58. The van der Waals surface area contributed by atoms with E-state index >= 15 is 0 Å². The zero-order valence-electron chi connectivity index (χ0n) is 20.9. The second kappa shape index (κ2) is 10.1. The van der Waals surface area contributed by atoms with Crippen molar-refractivity contribution >= 4 is 6.41 Å². The van der Waals surface area contributed by atoms with Gasteiger partial charge >= 0.3 is 0 Å². The summed E-state index contributed by atoms with van der Waals surface area (Å²) >= 11 is 0. The third kappa shape index (κ3) is 4.73. The van der Waals surface area contributed by atoms with E-state index in [4.69, 9.17) is 0 Å². The van der Waals surface area contributed by atoms with E-state index in [0.717, 1.165) is 54.9 Å². The first kappa shape index (κ1) is 24.7. The molecule has 2 fully saturated rings. The summed E-state index contributed by atoms with van der Waals surface area (Å²) in [4.78, 5) is 16.2. The Morgan fingerprint density at radius 2 is 1.91 bits per heavy atom. The van der Waals surface area contributed by atoms with Crippen LogP contribution in [-0.4, -0.2) is 57.7 Å². The fraction of sp³-hybridized carbons (Fsp3) is 0.552. The van der Waals surface area contributed by atoms with Crippen LogP contribution < -0.4 is 0 Å². The average Bonchev–Trinajstić information content (AvgIpc) is 3.67. The van der Waals surface area contributed by atoms with Gasteiger partial charge in [-0.25, -0.2) is 0 Å². The minimum absolute atomic E-state index is 0.0474. The van der Waals surface area contributed by atoms with Gasteiger partial charge in [0.1, 0.15) is 5.75 Å². The Balaban J connectivity index is 1.66. The van der Waals surface area contributed by atoms with Gasteiger partial charge < -0.3 is 15.1 Å². The van der Waals surface area contributed by atoms with Crippen molar-refractivity contribution in [3.8, 4) is 5.75 Å². The lowest BCUT2D eigenvalue weighted by Gasteiger charge is -2.58. The van der Waals surface area contributed by atoms with E-state index < -0.39 is 11.0 Å². The van der Waals surface area contributed by atoms with Gasteiger partial charge in [0.2, 0.25) is 6.41 Å². The van der Waals surface area contributed by atoms with E-state index in [1.165, 1.54) is 12.8 Å². The summed E-state index contributed by atoms with van der Waals surface area (Å²) in [5.41, 5.74) is 1.69. The SMILES string of the molecule is CCC1(c2cc(O)ccc2C)CCN(CC2CC2)C(C)C1(O)CCN(C=O)Cc1ccccc1. The summed E-state index contributed by atoms with van der Waals surface area (Å²) in [6.45, 7) is 9.36. The van der Waals surface area contributed by atoms with E-state index in [0.29, 0.717) is 19.5 Å². The van der Waals surface area contributed by atoms with Gasteiger partial charge in [-0.1, -0.05) is 43.3 Å². The molecule has 2 aromatic carbocycles. The van der Waals surface area contributed by atoms with Crippen molar-refractivity contribution in [2.45, 2.75) is 76.5 Å². The van der Waals surface area contributed by atoms with Crippen LogP contribution in [0.5, 0.6) is 5.75 Å². The molecule has 1 aliphatic carbocycles. The second-order valence-electron chi connectivity index (χ2n) is 10.5. The molecule has 1 saturated heterocycles. The summed E-state index contributed by atoms with van der Waals surface area (Å²) in [7, 11) is 0. The van der Waals surface area contributed by atoms with Crippen molar-refractivity contribution in [3.05, 3.63) is 65.2 Å². The number of piperidine rings is 1. The van der Waals surface area contributed by atoms with E-state index in [9.17, 15) is 15.0 Å². The van der Waals surface area contributed by atoms with Crippen LogP contribution in [0, 0.1) is 12.8 Å². The summed E-state index contributed by atoms with van der Waals surface area (Å²) < 4.78 is 0. The Morgan fingerprint density at radius 3 is 2.56 bits per heavy atom. The van der Waals surface area contributed by atoms with E-state index in [2.05, 4.69) is 25.7 Å². The minimum atomic E-state index is -1.04. The lowest BCUT2D eigenvalue weighted by Crippen LogP contribution is -2.68. The number of carbonyl (C=O) groups is 1. The molecule has 4 rings (SSSR count). The number of carbonyl (C=O) groups excluding carboxylic acids is 1. The van der Waals surface area contributed by atoms with Crippen LogP contribution in [0.3, 0.4) is 0 Å². The van der Waals surface area contributed by atoms with Crippen LogP contribution in [0.25, 0.3) is 0 Å². The Kier molecular flexibility index (Phi) is 7.34. The molecular weight excluding hydrogens is 424 g/mol. The Hall–Kier alpha value is -2.37. The number of phenols is 1. The highest BCUT2D eigenvalue weighted by atomic mass is 16.3. The quantitative estimate of drug-likeness (QED) is 0.503. The van der Waals surface area contributed by atoms with Gasteiger partial charge in [-0.05, 0) is 87.2 Å². The maximum atomic E-state index is 12.7. The number of aromatic hydroxyl groups is 1. The molecule has 2 aromatic rings. The number of nitrogens with zero attached hydrogens (tertiary/aromatic N) is 2. The number of phenolic OH excluding ortho intramolecular Hbond substituents is 1. The van der Waals surface area contributed by atoms with Gasteiger partial charge in [-0.2, -0.15) is 0 Å². The maximum absolute atomic E-state index is 12.7. The van der Waals surface area contributed by atoms with Crippen molar-refractivity contribution < 1.29 is 15.0 Å². The molecular formula is C29H40N2O3. The molecule has 34 heavy (non-hydrogen) atoms. The van der Waals surface area contributed by atoms with Gasteiger partial charge in [0.25, 0.3) is 0 Å². The van der Waals surface area contributed by atoms with Crippen LogP contribution in [0.4, 0.5) is 0 Å². The molecule has 1 amide bonds. The Bertz CT molecular complexity index is 977. The predicted octanol–water partition coefficient (Wildman–Crippen LogP) is 4.63. The van der Waals surface area contributed by atoms with Gasteiger partial charge in [-0.15, -0.1) is 0 Å². The van der Waals surface area contributed by atoms with Crippen molar-refractivity contribution in [2.75, 3.05) is 19.6 Å². The normalized spacial score (nSPS) is 27.5. The predicted molar refractivity (Wildman–Crippen MR) is 136 cm³/mol. The van der Waals surface area contributed by atoms with E-state index in [-0.39, 0.29) is 11.8 Å². The molecule has 1 saturated carbocycles. The molecule has 2 aliphatic rings. The zero-order chi connectivity index (χ0) is 24.3. The number of amides is 1. The van der Waals surface area contributed by atoms with Gasteiger partial charge in [0, 0.05) is 31.1 Å². The first-order valence-corrected chi connectivity index (χ1v) is 12.8. The van der Waals surface area contributed by atoms with Crippen molar-refractivity contribution in [3.63, 3.8) is 0 Å². The molecule has 1 heterocycles. The number of aliphatic hydroxyl groups is 1. The van der Waals surface area contributed by atoms with Crippen LogP contribution in [0.15, 0.2) is 48.5 Å². The highest BCUT2D eigenvalue weighted by molar-refractivity contribution is 5.48. The molecule has 3 unspecified atom stereocenters. The molecule has 1 aliphatic heterocycles. The third-order valence-corrected chi connectivity index (χ3v) is 8.58. The Labute approximate surface area is 204 Å². The lowest BCUT2D eigenvalue weighted by atomic mass is 9.56. The number of likely N-dealkylation sites (tertiary alicyclic amines) is 1. The lowest BCUT2D eigenvalue weighted by molar-refractivity contribution is -0.145. The largest absolute Gasteiger partial charge is 0.508 e. The number of benzene rings is 2. The number of aryl methyl sites for hydroxylation is 1. The van der Waals surface area contributed by atoms with Crippen molar-refractivity contribution in [2.24, 2.45) is 5.92 Å². The maximum Gasteiger partial charge on any atom is 0.210 e. The van der Waals surface area contributed by atoms with E-state index in [1.807, 2.05) is 42.5 Å². The molecule has 5 heteroatoms. The molecule has 2 N–H and O–H groups in total. The summed E-state index contributed by atoms with van der Waals surface area (Å²) in [5, 5.41) is 23.0. The van der Waals surface area contributed by atoms with E-state index in [1.54, 1.807) is 11.0 Å². The second-order valence-corrected chi connectivity index (χ2v) is 10.5. The minimum Gasteiger partial charge on any atom is -0.508 e. The fourth-order valence-electron chi connectivity index (χ4n) is 6.24. The number of hydrogen-bond acceptors (Lipinski definition) is 4. The summed E-state index contributed by atoms with van der Waals surface area (Å²) in [6.07, 6.45) is 5.56. The average molecular weight is 465 g/mol. The van der Waals surface area contributed by atoms with Crippen molar-refractivity contribution in [1.29, 1.82) is 0 Å². The molecule has 3 atom stereocenters. The van der Waals surface area contributed by atoms with Gasteiger partial charge in [0.05, 0.1) is 5.60 Å². The highest BCUT2D eigenvalue weighted by Crippen LogP contribution is 2.52. The first-order chi connectivity index (χ1) is 16.3. The zero-order valence-corrected chi connectivity index (χ0v) is 20.9. The molecule has 0 bridgehead atoms. The standard InChI is InChI=1S/C29H40N2O3/c1-4-28(27-18-26(33)13-10-22(27)2)14-17-31(20-25-11-12-25)23(3)29(28,34)15-16-30(21-32)19-24-8-6-5-7-9-24/h5-10,13,18,21,23,25,33-34H,4,11-12,14-17,19-20H2,1-3H3. The van der Waals surface area contributed by atoms with Crippen LogP contribution >= 0.6 is 0 Å². The highest BCUT2D eigenvalue weighted by Gasteiger charge is 2.58. The number of hydrogen-bond donors (Lipinski definition) is 2. The van der Waals surface area contributed by atoms with Crippen LogP contribution in [-0.2, 0) is 16.8 Å². The summed E-state index contributed by atoms with van der Waals surface area (Å²) in [5.74, 6) is 0.982. The monoisotopic (exact) mass is 464 g/mol. The Morgan fingerprint density at radius 1 is 1.18 bits per heavy atom. The fourth-order valence-corrected chi connectivity index (χ4v) is 6.24. The molecule has 0 aromatic heterocycles. The molecule has 5 nitrogen and oxygen atoms in total. The van der Waals surface area contributed by atoms with Crippen LogP contribution in [0.2, 0.25) is 0 Å². The molecule has 184 valence electrons. The number of rotatable bonds is 10. The smallest absolute Gasteiger partial charge is 0.210 e. The molecule has 0 spiro atoms. The summed E-state index contributed by atoms with van der Waals surface area (Å²) in [6, 6.07) is 15.5. The van der Waals surface area contributed by atoms with Crippen molar-refractivity contribution in [1.82, 2.24) is 9.80 Å². The topological polar surface area (TPSA) is 64.0 Å². The first-order valence-electron chi connectivity index (χ1n) is 12.8. The molecule has 0 radical (unpaired) electrons. The van der Waals surface area contributed by atoms with Gasteiger partial charge in [0.15, 0.2) is 0 Å². The van der Waals surface area contributed by atoms with Gasteiger partial charge in [-0.3, -0.25) is 9.69 Å².